The summed E-state index contributed by atoms with van der Waals surface area (Å²) < 4.78 is 0. The van der Waals surface area contributed by atoms with Crippen molar-refractivity contribution in [2.45, 2.75) is 6.92 Å². The van der Waals surface area contributed by atoms with Crippen molar-refractivity contribution < 1.29 is 0 Å². The molecule has 0 saturated carbocycles. The first-order valence-electron chi connectivity index (χ1n) is 3.14. The summed E-state index contributed by atoms with van der Waals surface area (Å²) in [6, 6.07) is 6.01. The summed E-state index contributed by atoms with van der Waals surface area (Å²) in [7, 11) is 0. The van der Waals surface area contributed by atoms with Crippen LogP contribution in [-0.2, 0) is 0 Å². The van der Waals surface area contributed by atoms with Crippen LogP contribution in [0.1, 0.15) is 5.56 Å². The van der Waals surface area contributed by atoms with Crippen LogP contribution in [0.4, 0.5) is 0 Å². The molecule has 1 N–H and O–H groups in total. The third kappa shape index (κ3) is 1.89. The molecular weight excluding hydrogens is 165 g/mol. The summed E-state index contributed by atoms with van der Waals surface area (Å²) >= 11 is 0. The van der Waals surface area contributed by atoms with E-state index in [0.717, 1.165) is 11.0 Å². The third-order valence-electron chi connectivity index (χ3n) is 1.48. The van der Waals surface area contributed by atoms with E-state index in [1.165, 1.54) is 5.56 Å². The number of benzene rings is 1. The second kappa shape index (κ2) is 3.78. The molecule has 0 atom stereocenters. The maximum absolute atomic E-state index is 3.87. The van der Waals surface area contributed by atoms with Gasteiger partial charge >= 0.3 is 51.4 Å². The fourth-order valence-electron chi connectivity index (χ4n) is 0.952. The van der Waals surface area contributed by atoms with Crippen LogP contribution >= 0.6 is 0 Å². The Morgan fingerprint density at radius 2 is 2.18 bits per heavy atom. The van der Waals surface area contributed by atoms with Gasteiger partial charge in [-0.1, -0.05) is 11.3 Å². The number of aromatic nitrogens is 3. The number of aryl methyl sites for hydroxylation is 1. The number of hydrogen-bond donors (Lipinski definition) is 1. The van der Waals surface area contributed by atoms with E-state index in [9.17, 15) is 0 Å². The Labute approximate surface area is 107 Å². The van der Waals surface area contributed by atoms with Crippen molar-refractivity contribution in [3.8, 4) is 0 Å². The van der Waals surface area contributed by atoms with Gasteiger partial charge in [0.25, 0.3) is 0 Å². The van der Waals surface area contributed by atoms with Crippen LogP contribution in [-0.4, -0.2) is 66.8 Å². The van der Waals surface area contributed by atoms with E-state index in [4.69, 9.17) is 0 Å². The zero-order valence-electron chi connectivity index (χ0n) is 5.63. The van der Waals surface area contributed by atoms with Crippen LogP contribution in [0, 0.1) is 6.92 Å². The molecule has 2 rings (SSSR count). The molecule has 0 amide bonds. The van der Waals surface area contributed by atoms with Gasteiger partial charge in [0, 0.05) is 0 Å². The molecule has 1 heterocycles. The van der Waals surface area contributed by atoms with E-state index in [0.29, 0.717) is 0 Å². The van der Waals surface area contributed by atoms with E-state index in [1.807, 2.05) is 25.1 Å². The average Bonchev–Trinajstić information content (AvgIpc) is 2.33. The SMILES string of the molecule is Cc1ccc2[nH]nnc2c1.[KH]. The molecule has 2 aromatic rings. The van der Waals surface area contributed by atoms with Gasteiger partial charge in [-0.05, 0) is 24.6 Å². The van der Waals surface area contributed by atoms with Crippen LogP contribution in [0.5, 0.6) is 0 Å². The molecule has 0 fully saturated rings. The van der Waals surface area contributed by atoms with Crippen molar-refractivity contribution in [1.82, 2.24) is 15.4 Å². The topological polar surface area (TPSA) is 41.6 Å². The second-order valence-electron chi connectivity index (χ2n) is 2.33. The summed E-state index contributed by atoms with van der Waals surface area (Å²) in [5, 5.41) is 10.3. The standard InChI is InChI=1S/C7H7N3.K.H/c1-5-2-3-6-7(4-5)9-10-8-6;;/h2-4H,1H3,(H,8,9,10);;. The van der Waals surface area contributed by atoms with Crippen molar-refractivity contribution in [1.29, 1.82) is 0 Å². The van der Waals surface area contributed by atoms with Crippen molar-refractivity contribution >= 4 is 62.4 Å². The van der Waals surface area contributed by atoms with Gasteiger partial charge in [-0.3, -0.25) is 5.10 Å². The van der Waals surface area contributed by atoms with E-state index in [2.05, 4.69) is 15.4 Å². The number of rotatable bonds is 0. The third-order valence-corrected chi connectivity index (χ3v) is 1.48. The molecule has 0 radical (unpaired) electrons. The fraction of sp³-hybridized carbons (Fsp3) is 0.143. The number of hydrogen-bond acceptors (Lipinski definition) is 2. The van der Waals surface area contributed by atoms with Gasteiger partial charge in [0.05, 0.1) is 5.52 Å². The molecule has 0 aliphatic heterocycles. The van der Waals surface area contributed by atoms with E-state index >= 15 is 0 Å². The Hall–Kier alpha value is 0.256. The van der Waals surface area contributed by atoms with Gasteiger partial charge in [-0.2, -0.15) is 0 Å². The monoisotopic (exact) mass is 173 g/mol. The molecular formula is C7H8KN3. The fourth-order valence-corrected chi connectivity index (χ4v) is 0.952. The number of nitrogens with zero attached hydrogens (tertiary/aromatic N) is 2. The van der Waals surface area contributed by atoms with Crippen molar-refractivity contribution in [2.24, 2.45) is 0 Å². The van der Waals surface area contributed by atoms with Crippen LogP contribution in [0.2, 0.25) is 0 Å². The normalized spacial score (nSPS) is 9.55. The first kappa shape index (κ1) is 9.35. The van der Waals surface area contributed by atoms with Gasteiger partial charge in [-0.15, -0.1) is 5.10 Å². The Morgan fingerprint density at radius 1 is 1.36 bits per heavy atom. The van der Waals surface area contributed by atoms with Gasteiger partial charge in [0.15, 0.2) is 0 Å². The number of nitrogens with one attached hydrogen (secondary N) is 1. The second-order valence-corrected chi connectivity index (χ2v) is 2.33. The van der Waals surface area contributed by atoms with Crippen LogP contribution < -0.4 is 0 Å². The molecule has 3 nitrogen and oxygen atoms in total. The molecule has 0 spiro atoms. The van der Waals surface area contributed by atoms with Crippen LogP contribution in [0.3, 0.4) is 0 Å². The molecule has 52 valence electrons. The number of H-pyrrole nitrogens is 1. The Balaban J connectivity index is 0.000000605. The Morgan fingerprint density at radius 3 is 3.00 bits per heavy atom. The summed E-state index contributed by atoms with van der Waals surface area (Å²) in [4.78, 5) is 0. The number of aromatic amines is 1. The molecule has 0 aliphatic rings. The summed E-state index contributed by atoms with van der Waals surface area (Å²) in [6.07, 6.45) is 0. The zero-order valence-corrected chi connectivity index (χ0v) is 5.63. The minimum atomic E-state index is 0. The zero-order chi connectivity index (χ0) is 6.97. The molecule has 0 saturated heterocycles. The molecule has 11 heavy (non-hydrogen) atoms. The first-order valence-corrected chi connectivity index (χ1v) is 3.14. The predicted octanol–water partition coefficient (Wildman–Crippen LogP) is 0.618. The Bertz CT molecular complexity index is 355. The predicted molar refractivity (Wildman–Crippen MR) is 45.8 cm³/mol. The van der Waals surface area contributed by atoms with Crippen molar-refractivity contribution in [3.63, 3.8) is 0 Å². The van der Waals surface area contributed by atoms with E-state index < -0.39 is 0 Å². The van der Waals surface area contributed by atoms with Gasteiger partial charge in [0.2, 0.25) is 0 Å². The average molecular weight is 173 g/mol. The first-order chi connectivity index (χ1) is 4.86. The quantitative estimate of drug-likeness (QED) is 0.593. The van der Waals surface area contributed by atoms with Gasteiger partial charge in [-0.25, -0.2) is 0 Å². The van der Waals surface area contributed by atoms with Crippen molar-refractivity contribution in [2.75, 3.05) is 0 Å². The van der Waals surface area contributed by atoms with Crippen LogP contribution in [0.25, 0.3) is 11.0 Å². The number of fused-ring (bicyclic) bond motifs is 1. The molecule has 4 heteroatoms. The van der Waals surface area contributed by atoms with Gasteiger partial charge < -0.3 is 0 Å². The van der Waals surface area contributed by atoms with Crippen molar-refractivity contribution in [3.05, 3.63) is 23.8 Å². The Kier molecular flexibility index (Phi) is 3.21. The maximum atomic E-state index is 3.87. The van der Waals surface area contributed by atoms with Gasteiger partial charge in [0.1, 0.15) is 5.52 Å². The molecule has 0 unspecified atom stereocenters. The van der Waals surface area contributed by atoms with E-state index in [-0.39, 0.29) is 51.4 Å². The molecule has 0 aliphatic carbocycles. The van der Waals surface area contributed by atoms with Crippen LogP contribution in [0.15, 0.2) is 18.2 Å². The van der Waals surface area contributed by atoms with E-state index in [1.54, 1.807) is 0 Å². The minimum absolute atomic E-state index is 0. The summed E-state index contributed by atoms with van der Waals surface area (Å²) in [6.45, 7) is 2.04. The molecule has 0 bridgehead atoms. The molecule has 1 aromatic heterocycles. The summed E-state index contributed by atoms with van der Waals surface area (Å²) in [5.74, 6) is 0. The summed E-state index contributed by atoms with van der Waals surface area (Å²) in [5.41, 5.74) is 3.13. The molecule has 1 aromatic carbocycles.